The largest absolute Gasteiger partial charge is 0.497 e. The van der Waals surface area contributed by atoms with Crippen molar-refractivity contribution < 1.29 is 33.3 Å². The van der Waals surface area contributed by atoms with E-state index in [9.17, 15) is 9.59 Å². The van der Waals surface area contributed by atoms with Crippen molar-refractivity contribution in [2.45, 2.75) is 13.0 Å². The molecule has 3 aromatic rings. The number of nitrogens with one attached hydrogen (secondary N) is 1. The van der Waals surface area contributed by atoms with Crippen LogP contribution < -0.4 is 24.3 Å². The van der Waals surface area contributed by atoms with E-state index in [2.05, 4.69) is 5.32 Å². The molecule has 0 saturated carbocycles. The van der Waals surface area contributed by atoms with Gasteiger partial charge in [-0.15, -0.1) is 11.3 Å². The lowest BCUT2D eigenvalue weighted by molar-refractivity contribution is -0.132. The van der Waals surface area contributed by atoms with E-state index in [0.29, 0.717) is 48.2 Å². The Balaban J connectivity index is 1.76. The number of amides is 3. The molecule has 0 bridgehead atoms. The second-order valence-electron chi connectivity index (χ2n) is 8.78. The SMILES string of the molecule is COCCN(CC(=O)N(CCc1ccc(OC)c(OC)c1)Cc1cccs1)C(=O)Nc1cc(OC)cc(OC)c1. The lowest BCUT2D eigenvalue weighted by Crippen LogP contribution is -2.46. The second-order valence-corrected chi connectivity index (χ2v) is 9.81. The summed E-state index contributed by atoms with van der Waals surface area (Å²) >= 11 is 1.58. The van der Waals surface area contributed by atoms with Crippen molar-refractivity contribution in [1.82, 2.24) is 9.80 Å². The molecule has 1 heterocycles. The lowest BCUT2D eigenvalue weighted by atomic mass is 10.1. The van der Waals surface area contributed by atoms with E-state index in [1.807, 2.05) is 35.7 Å². The van der Waals surface area contributed by atoms with E-state index in [-0.39, 0.29) is 25.6 Å². The first-order valence-corrected chi connectivity index (χ1v) is 13.6. The number of anilines is 1. The number of carbonyl (C=O) groups excluding carboxylic acids is 2. The van der Waals surface area contributed by atoms with Crippen LogP contribution in [-0.2, 0) is 22.5 Å². The quantitative estimate of drug-likeness (QED) is 0.286. The molecule has 0 unspecified atom stereocenters. The third kappa shape index (κ3) is 8.78. The first kappa shape index (κ1) is 30.6. The molecule has 216 valence electrons. The fourth-order valence-electron chi connectivity index (χ4n) is 3.98. The number of hydrogen-bond acceptors (Lipinski definition) is 8. The summed E-state index contributed by atoms with van der Waals surface area (Å²) in [4.78, 5) is 31.2. The van der Waals surface area contributed by atoms with Gasteiger partial charge in [-0.3, -0.25) is 4.79 Å². The maximum absolute atomic E-state index is 13.6. The minimum atomic E-state index is -0.434. The topological polar surface area (TPSA) is 98.8 Å². The summed E-state index contributed by atoms with van der Waals surface area (Å²) in [6, 6.07) is 14.3. The Morgan fingerprint density at radius 3 is 2.15 bits per heavy atom. The zero-order chi connectivity index (χ0) is 28.9. The highest BCUT2D eigenvalue weighted by Crippen LogP contribution is 2.28. The van der Waals surface area contributed by atoms with Crippen LogP contribution in [0.25, 0.3) is 0 Å². The Hall–Kier alpha value is -3.96. The molecule has 0 aliphatic carbocycles. The number of thiophene rings is 1. The number of rotatable bonds is 15. The van der Waals surface area contributed by atoms with E-state index in [1.165, 1.54) is 19.1 Å². The van der Waals surface area contributed by atoms with E-state index in [0.717, 1.165) is 10.4 Å². The molecule has 0 spiro atoms. The van der Waals surface area contributed by atoms with E-state index >= 15 is 0 Å². The highest BCUT2D eigenvalue weighted by Gasteiger charge is 2.22. The van der Waals surface area contributed by atoms with Gasteiger partial charge in [0.1, 0.15) is 18.0 Å². The number of nitrogens with zero attached hydrogens (tertiary/aromatic N) is 2. The third-order valence-electron chi connectivity index (χ3n) is 6.18. The van der Waals surface area contributed by atoms with Gasteiger partial charge in [0.25, 0.3) is 0 Å². The summed E-state index contributed by atoms with van der Waals surface area (Å²) in [6.45, 7) is 1.29. The van der Waals surface area contributed by atoms with Crippen molar-refractivity contribution >= 4 is 29.0 Å². The minimum Gasteiger partial charge on any atom is -0.497 e. The summed E-state index contributed by atoms with van der Waals surface area (Å²) in [5, 5.41) is 4.83. The van der Waals surface area contributed by atoms with Crippen molar-refractivity contribution in [3.63, 3.8) is 0 Å². The normalized spacial score (nSPS) is 10.5. The Morgan fingerprint density at radius 2 is 1.55 bits per heavy atom. The molecule has 10 nitrogen and oxygen atoms in total. The van der Waals surface area contributed by atoms with Crippen LogP contribution in [0.4, 0.5) is 10.5 Å². The van der Waals surface area contributed by atoms with Gasteiger partial charge in [-0.1, -0.05) is 12.1 Å². The van der Waals surface area contributed by atoms with E-state index in [4.69, 9.17) is 23.7 Å². The standard InChI is InChI=1S/C29H37N3O7S/c1-35-13-12-32(29(34)30-22-16-23(36-2)18-24(17-22)37-3)20-28(33)31(19-25-7-6-14-40-25)11-10-21-8-9-26(38-4)27(15-21)39-5/h6-9,14-18H,10-13,19-20H2,1-5H3,(H,30,34). The average Bonchev–Trinajstić information content (AvgIpc) is 3.49. The van der Waals surface area contributed by atoms with Crippen molar-refractivity contribution in [2.75, 3.05) is 67.1 Å². The Kier molecular flexibility index (Phi) is 11.9. The highest BCUT2D eigenvalue weighted by atomic mass is 32.1. The molecule has 11 heteroatoms. The molecule has 40 heavy (non-hydrogen) atoms. The Bertz CT molecular complexity index is 1210. The van der Waals surface area contributed by atoms with Crippen LogP contribution in [0.3, 0.4) is 0 Å². The number of ether oxygens (including phenoxy) is 5. The number of hydrogen-bond donors (Lipinski definition) is 1. The molecule has 0 aliphatic heterocycles. The van der Waals surface area contributed by atoms with Crippen molar-refractivity contribution in [3.8, 4) is 23.0 Å². The van der Waals surface area contributed by atoms with Crippen LogP contribution in [0.2, 0.25) is 0 Å². The van der Waals surface area contributed by atoms with Crippen molar-refractivity contribution in [2.24, 2.45) is 0 Å². The van der Waals surface area contributed by atoms with Gasteiger partial charge in [0.15, 0.2) is 11.5 Å². The second kappa shape index (κ2) is 15.6. The van der Waals surface area contributed by atoms with Gasteiger partial charge in [-0.25, -0.2) is 4.79 Å². The van der Waals surface area contributed by atoms with Gasteiger partial charge in [-0.05, 0) is 35.6 Å². The first-order chi connectivity index (χ1) is 19.4. The molecule has 1 N–H and O–H groups in total. The van der Waals surface area contributed by atoms with Crippen molar-refractivity contribution in [1.29, 1.82) is 0 Å². The predicted molar refractivity (Wildman–Crippen MR) is 155 cm³/mol. The number of methoxy groups -OCH3 is 5. The maximum atomic E-state index is 13.6. The molecular formula is C29H37N3O7S. The van der Waals surface area contributed by atoms with Crippen molar-refractivity contribution in [3.05, 3.63) is 64.4 Å². The summed E-state index contributed by atoms with van der Waals surface area (Å²) in [7, 11) is 7.81. The molecule has 3 amide bonds. The summed E-state index contributed by atoms with van der Waals surface area (Å²) in [5.74, 6) is 2.17. The van der Waals surface area contributed by atoms with Crippen LogP contribution in [0.15, 0.2) is 53.9 Å². The van der Waals surface area contributed by atoms with Crippen LogP contribution in [0, 0.1) is 0 Å². The summed E-state index contributed by atoms with van der Waals surface area (Å²) < 4.78 is 26.6. The number of urea groups is 1. The lowest BCUT2D eigenvalue weighted by Gasteiger charge is -2.28. The minimum absolute atomic E-state index is 0.117. The molecule has 0 radical (unpaired) electrons. The fraction of sp³-hybridized carbons (Fsp3) is 0.379. The van der Waals surface area contributed by atoms with E-state index < -0.39 is 6.03 Å². The molecule has 2 aromatic carbocycles. The maximum Gasteiger partial charge on any atom is 0.322 e. The molecular weight excluding hydrogens is 534 g/mol. The van der Waals surface area contributed by atoms with E-state index in [1.54, 1.807) is 55.8 Å². The van der Waals surface area contributed by atoms with Gasteiger partial charge in [0.05, 0.1) is 41.6 Å². The average molecular weight is 572 g/mol. The molecule has 0 atom stereocenters. The smallest absolute Gasteiger partial charge is 0.322 e. The van der Waals surface area contributed by atoms with Gasteiger partial charge >= 0.3 is 6.03 Å². The summed E-state index contributed by atoms with van der Waals surface area (Å²) in [6.07, 6.45) is 0.603. The van der Waals surface area contributed by atoms with Gasteiger partial charge in [0, 0.05) is 49.0 Å². The number of carbonyl (C=O) groups is 2. The monoisotopic (exact) mass is 571 g/mol. The number of benzene rings is 2. The Morgan fingerprint density at radius 1 is 0.825 bits per heavy atom. The molecule has 0 aliphatic rings. The van der Waals surface area contributed by atoms with Gasteiger partial charge in [0.2, 0.25) is 5.91 Å². The molecule has 0 fully saturated rings. The predicted octanol–water partition coefficient (Wildman–Crippen LogP) is 4.53. The zero-order valence-corrected chi connectivity index (χ0v) is 24.4. The van der Waals surface area contributed by atoms with Crippen LogP contribution in [0.1, 0.15) is 10.4 Å². The van der Waals surface area contributed by atoms with Gasteiger partial charge < -0.3 is 38.8 Å². The first-order valence-electron chi connectivity index (χ1n) is 12.7. The zero-order valence-electron chi connectivity index (χ0n) is 23.6. The molecule has 0 saturated heterocycles. The van der Waals surface area contributed by atoms with Crippen LogP contribution in [-0.4, -0.2) is 83.5 Å². The van der Waals surface area contributed by atoms with Gasteiger partial charge in [-0.2, -0.15) is 0 Å². The van der Waals surface area contributed by atoms with Crippen LogP contribution >= 0.6 is 11.3 Å². The molecule has 3 rings (SSSR count). The van der Waals surface area contributed by atoms with Crippen LogP contribution in [0.5, 0.6) is 23.0 Å². The fourth-order valence-corrected chi connectivity index (χ4v) is 4.70. The third-order valence-corrected chi connectivity index (χ3v) is 7.04. The Labute approximate surface area is 239 Å². The molecule has 1 aromatic heterocycles. The summed E-state index contributed by atoms with van der Waals surface area (Å²) in [5.41, 5.74) is 1.49. The highest BCUT2D eigenvalue weighted by molar-refractivity contribution is 7.09.